The molecule has 1 aromatic rings. The van der Waals surface area contributed by atoms with Crippen molar-refractivity contribution < 1.29 is 9.47 Å². The molecule has 0 saturated heterocycles. The Labute approximate surface area is 118 Å². The molecule has 1 fully saturated rings. The SMILES string of the molecule is CCOc1ccc(OC2CC(Br)C2(C)CC)cc1. The predicted molar refractivity (Wildman–Crippen MR) is 77.8 cm³/mol. The van der Waals surface area contributed by atoms with Crippen LogP contribution in [0.1, 0.15) is 33.6 Å². The van der Waals surface area contributed by atoms with Crippen LogP contribution in [-0.2, 0) is 0 Å². The molecule has 0 radical (unpaired) electrons. The smallest absolute Gasteiger partial charge is 0.120 e. The molecule has 1 saturated carbocycles. The minimum Gasteiger partial charge on any atom is -0.494 e. The van der Waals surface area contributed by atoms with Gasteiger partial charge in [-0.1, -0.05) is 29.8 Å². The normalized spacial score (nSPS) is 30.7. The fourth-order valence-corrected chi connectivity index (χ4v) is 3.30. The summed E-state index contributed by atoms with van der Waals surface area (Å²) in [5.41, 5.74) is 0.249. The molecule has 0 aliphatic heterocycles. The third-order valence-electron chi connectivity index (χ3n) is 4.05. The number of halogens is 1. The van der Waals surface area contributed by atoms with E-state index in [0.717, 1.165) is 24.3 Å². The largest absolute Gasteiger partial charge is 0.494 e. The van der Waals surface area contributed by atoms with Crippen LogP contribution in [0.4, 0.5) is 0 Å². The Morgan fingerprint density at radius 1 is 1.22 bits per heavy atom. The van der Waals surface area contributed by atoms with Gasteiger partial charge < -0.3 is 9.47 Å². The van der Waals surface area contributed by atoms with Crippen molar-refractivity contribution in [1.82, 2.24) is 0 Å². The maximum Gasteiger partial charge on any atom is 0.120 e. The lowest BCUT2D eigenvalue weighted by Gasteiger charge is -2.50. The molecule has 2 nitrogen and oxygen atoms in total. The number of ether oxygens (including phenoxy) is 2. The molecule has 18 heavy (non-hydrogen) atoms. The van der Waals surface area contributed by atoms with Gasteiger partial charge in [-0.15, -0.1) is 0 Å². The molecular formula is C15H21BrO2. The Morgan fingerprint density at radius 2 is 1.83 bits per heavy atom. The highest BCUT2D eigenvalue weighted by Gasteiger charge is 2.50. The van der Waals surface area contributed by atoms with Crippen LogP contribution in [0, 0.1) is 5.41 Å². The van der Waals surface area contributed by atoms with Crippen molar-refractivity contribution in [3.63, 3.8) is 0 Å². The second-order valence-corrected chi connectivity index (χ2v) is 6.18. The van der Waals surface area contributed by atoms with Gasteiger partial charge in [0.2, 0.25) is 0 Å². The minimum atomic E-state index is 0.249. The first kappa shape index (κ1) is 13.7. The number of rotatable bonds is 5. The summed E-state index contributed by atoms with van der Waals surface area (Å²) < 4.78 is 11.5. The third-order valence-corrected chi connectivity index (χ3v) is 5.47. The zero-order chi connectivity index (χ0) is 13.2. The van der Waals surface area contributed by atoms with E-state index < -0.39 is 0 Å². The molecule has 0 heterocycles. The molecule has 0 N–H and O–H groups in total. The Bertz CT molecular complexity index is 390. The summed E-state index contributed by atoms with van der Waals surface area (Å²) in [6.45, 7) is 7.20. The maximum absolute atomic E-state index is 6.07. The summed E-state index contributed by atoms with van der Waals surface area (Å²) in [6.07, 6.45) is 2.52. The summed E-state index contributed by atoms with van der Waals surface area (Å²) in [5.74, 6) is 1.83. The van der Waals surface area contributed by atoms with Crippen molar-refractivity contribution in [3.05, 3.63) is 24.3 Å². The average Bonchev–Trinajstić information content (AvgIpc) is 2.40. The molecule has 0 bridgehead atoms. The predicted octanol–water partition coefficient (Wildman–Crippen LogP) is 4.42. The Balaban J connectivity index is 1.98. The van der Waals surface area contributed by atoms with Gasteiger partial charge in [-0.25, -0.2) is 0 Å². The van der Waals surface area contributed by atoms with E-state index in [-0.39, 0.29) is 5.41 Å². The topological polar surface area (TPSA) is 18.5 Å². The molecule has 1 aromatic carbocycles. The van der Waals surface area contributed by atoms with Crippen LogP contribution < -0.4 is 9.47 Å². The van der Waals surface area contributed by atoms with Crippen LogP contribution in [0.2, 0.25) is 0 Å². The standard InChI is InChI=1S/C15H21BrO2/c1-4-15(3)13(16)10-14(15)18-12-8-6-11(7-9-12)17-5-2/h6-9,13-14H,4-5,10H2,1-3H3. The summed E-state index contributed by atoms with van der Waals surface area (Å²) in [7, 11) is 0. The third kappa shape index (κ3) is 2.51. The van der Waals surface area contributed by atoms with Crippen molar-refractivity contribution in [2.24, 2.45) is 5.41 Å². The van der Waals surface area contributed by atoms with Gasteiger partial charge >= 0.3 is 0 Å². The second kappa shape index (κ2) is 5.52. The van der Waals surface area contributed by atoms with Gasteiger partial charge in [-0.05, 0) is 44.0 Å². The summed E-state index contributed by atoms with van der Waals surface area (Å²) in [4.78, 5) is 0.572. The lowest BCUT2D eigenvalue weighted by Crippen LogP contribution is -2.54. The van der Waals surface area contributed by atoms with Crippen molar-refractivity contribution in [1.29, 1.82) is 0 Å². The van der Waals surface area contributed by atoms with Crippen molar-refractivity contribution in [3.8, 4) is 11.5 Å². The molecule has 0 spiro atoms. The van der Waals surface area contributed by atoms with Crippen molar-refractivity contribution >= 4 is 15.9 Å². The Hall–Kier alpha value is -0.700. The number of benzene rings is 1. The maximum atomic E-state index is 6.07. The highest BCUT2D eigenvalue weighted by Crippen LogP contribution is 2.50. The fraction of sp³-hybridized carbons (Fsp3) is 0.600. The monoisotopic (exact) mass is 312 g/mol. The van der Waals surface area contributed by atoms with Gasteiger partial charge in [-0.2, -0.15) is 0 Å². The summed E-state index contributed by atoms with van der Waals surface area (Å²) >= 11 is 3.73. The average molecular weight is 313 g/mol. The second-order valence-electron chi connectivity index (χ2n) is 5.07. The highest BCUT2D eigenvalue weighted by atomic mass is 79.9. The number of hydrogen-bond acceptors (Lipinski definition) is 2. The first-order valence-corrected chi connectivity index (χ1v) is 7.55. The first-order valence-electron chi connectivity index (χ1n) is 6.63. The highest BCUT2D eigenvalue weighted by molar-refractivity contribution is 9.09. The van der Waals surface area contributed by atoms with E-state index in [0.29, 0.717) is 17.5 Å². The lowest BCUT2D eigenvalue weighted by molar-refractivity contribution is -0.0243. The Kier molecular flexibility index (Phi) is 4.21. The van der Waals surface area contributed by atoms with Crippen LogP contribution >= 0.6 is 15.9 Å². The summed E-state index contributed by atoms with van der Waals surface area (Å²) in [5, 5.41) is 0. The molecule has 3 unspecified atom stereocenters. The van der Waals surface area contributed by atoms with Gasteiger partial charge in [0.1, 0.15) is 17.6 Å². The van der Waals surface area contributed by atoms with Gasteiger partial charge in [0.25, 0.3) is 0 Å². The van der Waals surface area contributed by atoms with Crippen LogP contribution in [0.5, 0.6) is 11.5 Å². The minimum absolute atomic E-state index is 0.249. The van der Waals surface area contributed by atoms with Crippen LogP contribution in [0.3, 0.4) is 0 Å². The molecular weight excluding hydrogens is 292 g/mol. The van der Waals surface area contributed by atoms with Crippen LogP contribution in [0.15, 0.2) is 24.3 Å². The zero-order valence-electron chi connectivity index (χ0n) is 11.3. The van der Waals surface area contributed by atoms with Crippen molar-refractivity contribution in [2.75, 3.05) is 6.61 Å². The molecule has 0 amide bonds. The van der Waals surface area contributed by atoms with Crippen LogP contribution in [0.25, 0.3) is 0 Å². The molecule has 100 valence electrons. The van der Waals surface area contributed by atoms with E-state index in [9.17, 15) is 0 Å². The lowest BCUT2D eigenvalue weighted by atomic mass is 9.65. The zero-order valence-corrected chi connectivity index (χ0v) is 12.9. The number of alkyl halides is 1. The van der Waals surface area contributed by atoms with E-state index in [1.54, 1.807) is 0 Å². The van der Waals surface area contributed by atoms with E-state index >= 15 is 0 Å². The van der Waals surface area contributed by atoms with E-state index in [1.807, 2.05) is 31.2 Å². The molecule has 1 aliphatic carbocycles. The van der Waals surface area contributed by atoms with Gasteiger partial charge in [0.05, 0.1) is 6.61 Å². The fourth-order valence-electron chi connectivity index (χ4n) is 2.34. The molecule has 2 rings (SSSR count). The van der Waals surface area contributed by atoms with Crippen LogP contribution in [-0.4, -0.2) is 17.5 Å². The molecule has 0 aromatic heterocycles. The van der Waals surface area contributed by atoms with E-state index in [1.165, 1.54) is 0 Å². The molecule has 3 atom stereocenters. The van der Waals surface area contributed by atoms with E-state index in [4.69, 9.17) is 9.47 Å². The molecule has 3 heteroatoms. The Morgan fingerprint density at radius 3 is 2.33 bits per heavy atom. The molecule has 1 aliphatic rings. The van der Waals surface area contributed by atoms with Gasteiger partial charge in [0.15, 0.2) is 0 Å². The first-order chi connectivity index (χ1) is 8.60. The van der Waals surface area contributed by atoms with Gasteiger partial charge in [-0.3, -0.25) is 0 Å². The van der Waals surface area contributed by atoms with Gasteiger partial charge in [0, 0.05) is 10.2 Å². The number of hydrogen-bond donors (Lipinski definition) is 0. The summed E-state index contributed by atoms with van der Waals surface area (Å²) in [6, 6.07) is 7.91. The van der Waals surface area contributed by atoms with E-state index in [2.05, 4.69) is 29.8 Å². The van der Waals surface area contributed by atoms with Crippen molar-refractivity contribution in [2.45, 2.75) is 44.5 Å². The quantitative estimate of drug-likeness (QED) is 0.749.